The molecule has 0 N–H and O–H groups in total. The van der Waals surface area contributed by atoms with Crippen molar-refractivity contribution in [2.24, 2.45) is 5.92 Å². The number of rotatable bonds is 17. The van der Waals surface area contributed by atoms with Crippen molar-refractivity contribution in [3.63, 3.8) is 0 Å². The molecule has 0 aliphatic carbocycles. The molecule has 0 aliphatic heterocycles. The molecule has 31 heavy (non-hydrogen) atoms. The fourth-order valence-electron chi connectivity index (χ4n) is 4.43. The Kier molecular flexibility index (Phi) is 13.5. The van der Waals surface area contributed by atoms with E-state index in [4.69, 9.17) is 4.74 Å². The maximum absolute atomic E-state index is 12.6. The molecule has 0 radical (unpaired) electrons. The van der Waals surface area contributed by atoms with Gasteiger partial charge in [-0.3, -0.25) is 0 Å². The molecule has 0 saturated heterocycles. The van der Waals surface area contributed by atoms with Crippen molar-refractivity contribution in [2.45, 2.75) is 123 Å². The molecule has 1 atom stereocenters. The Bertz CT molecular complexity index is 563. The van der Waals surface area contributed by atoms with Crippen LogP contribution >= 0.6 is 0 Å². The van der Waals surface area contributed by atoms with E-state index in [-0.39, 0.29) is 5.60 Å². The molecule has 0 heterocycles. The van der Waals surface area contributed by atoms with Crippen molar-refractivity contribution in [1.82, 2.24) is 0 Å². The van der Waals surface area contributed by atoms with Crippen LogP contribution in [-0.2, 0) is 17.3 Å². The van der Waals surface area contributed by atoms with Gasteiger partial charge in [-0.15, -0.1) is 0 Å². The summed E-state index contributed by atoms with van der Waals surface area (Å²) in [6, 6.07) is 5.62. The monoisotopic (exact) mass is 442 g/mol. The summed E-state index contributed by atoms with van der Waals surface area (Å²) in [5, 5.41) is 0. The molecule has 0 saturated carbocycles. The minimum Gasteiger partial charge on any atom is -0.376 e. The van der Waals surface area contributed by atoms with Crippen molar-refractivity contribution in [2.75, 3.05) is 6.61 Å². The number of alkyl halides is 3. The summed E-state index contributed by atoms with van der Waals surface area (Å²) < 4.78 is 44.0. The van der Waals surface area contributed by atoms with Crippen LogP contribution in [-0.4, -0.2) is 12.2 Å². The van der Waals surface area contributed by atoms with Crippen molar-refractivity contribution in [3.8, 4) is 0 Å². The molecule has 0 bridgehead atoms. The second kappa shape index (κ2) is 14.9. The molecule has 0 aliphatic rings. The predicted molar refractivity (Wildman–Crippen MR) is 125 cm³/mol. The topological polar surface area (TPSA) is 9.23 Å². The second-order valence-electron chi connectivity index (χ2n) is 9.44. The molecule has 1 aromatic rings. The molecule has 0 aromatic heterocycles. The minimum atomic E-state index is -4.25. The lowest BCUT2D eigenvalue weighted by Gasteiger charge is -2.34. The summed E-state index contributed by atoms with van der Waals surface area (Å²) in [5.74, 6) is 0.591. The minimum absolute atomic E-state index is 0.0710. The van der Waals surface area contributed by atoms with Gasteiger partial charge in [0.2, 0.25) is 0 Å². The van der Waals surface area contributed by atoms with Crippen molar-refractivity contribution >= 4 is 0 Å². The van der Waals surface area contributed by atoms with Crippen LogP contribution in [0.25, 0.3) is 0 Å². The van der Waals surface area contributed by atoms with Crippen LogP contribution in [0.15, 0.2) is 24.3 Å². The summed E-state index contributed by atoms with van der Waals surface area (Å²) >= 11 is 0. The average Bonchev–Trinajstić information content (AvgIpc) is 2.71. The van der Waals surface area contributed by atoms with Gasteiger partial charge >= 0.3 is 6.18 Å². The van der Waals surface area contributed by atoms with Crippen LogP contribution in [0, 0.1) is 5.92 Å². The zero-order chi connectivity index (χ0) is 23.2. The molecule has 180 valence electrons. The van der Waals surface area contributed by atoms with Crippen LogP contribution in [0.4, 0.5) is 13.2 Å². The third kappa shape index (κ3) is 12.0. The van der Waals surface area contributed by atoms with E-state index in [0.717, 1.165) is 31.4 Å². The first-order chi connectivity index (χ1) is 14.7. The molecule has 0 amide bonds. The number of benzene rings is 1. The fourth-order valence-corrected chi connectivity index (χ4v) is 4.43. The van der Waals surface area contributed by atoms with E-state index in [1.54, 1.807) is 12.1 Å². The van der Waals surface area contributed by atoms with Gasteiger partial charge in [-0.2, -0.15) is 13.2 Å². The average molecular weight is 443 g/mol. The Labute approximate surface area is 189 Å². The van der Waals surface area contributed by atoms with Crippen molar-refractivity contribution < 1.29 is 17.9 Å². The van der Waals surface area contributed by atoms with Crippen LogP contribution in [0.5, 0.6) is 0 Å². The normalized spacial score (nSPS) is 13.5. The number of hydrogen-bond donors (Lipinski definition) is 0. The Morgan fingerprint density at radius 3 is 1.77 bits per heavy atom. The number of unbranched alkanes of at least 4 members (excludes halogenated alkanes) is 8. The lowest BCUT2D eigenvalue weighted by Crippen LogP contribution is -2.34. The zero-order valence-electron chi connectivity index (χ0n) is 20.3. The van der Waals surface area contributed by atoms with Gasteiger partial charge in [0.25, 0.3) is 0 Å². The smallest absolute Gasteiger partial charge is 0.376 e. The first-order valence-corrected chi connectivity index (χ1v) is 12.5. The second-order valence-corrected chi connectivity index (χ2v) is 9.44. The molecule has 4 heteroatoms. The van der Waals surface area contributed by atoms with Gasteiger partial charge in [0, 0.05) is 6.61 Å². The van der Waals surface area contributed by atoms with Crippen LogP contribution in [0.2, 0.25) is 0 Å². The summed E-state index contributed by atoms with van der Waals surface area (Å²) in [4.78, 5) is 0. The highest BCUT2D eigenvalue weighted by Crippen LogP contribution is 2.32. The largest absolute Gasteiger partial charge is 0.416 e. The summed E-state index contributed by atoms with van der Waals surface area (Å²) in [6.45, 7) is 9.56. The predicted octanol–water partition coefficient (Wildman–Crippen LogP) is 9.38. The standard InChI is InChI=1S/C27H45F3O/c1-5-7-8-9-10-14-17-24(26(3,4)31-6-2)18-15-12-11-13-16-23-19-21-25(22-20-23)27(28,29)30/h19-22,24H,5-18H2,1-4H3. The molecule has 1 aromatic carbocycles. The molecular weight excluding hydrogens is 397 g/mol. The van der Waals surface area contributed by atoms with E-state index < -0.39 is 11.7 Å². The molecule has 1 rings (SSSR count). The lowest BCUT2D eigenvalue weighted by atomic mass is 9.82. The summed E-state index contributed by atoms with van der Waals surface area (Å²) in [6.07, 6.45) is 11.5. The number of ether oxygens (including phenoxy) is 1. The maximum Gasteiger partial charge on any atom is 0.416 e. The molecule has 0 fully saturated rings. The highest BCUT2D eigenvalue weighted by Gasteiger charge is 2.30. The highest BCUT2D eigenvalue weighted by atomic mass is 19.4. The molecular formula is C27H45F3O. The first kappa shape index (κ1) is 28.0. The van der Waals surface area contributed by atoms with Gasteiger partial charge in [-0.25, -0.2) is 0 Å². The summed E-state index contributed by atoms with van der Waals surface area (Å²) in [5.41, 5.74) is 0.356. The van der Waals surface area contributed by atoms with Gasteiger partial charge in [0.1, 0.15) is 0 Å². The highest BCUT2D eigenvalue weighted by molar-refractivity contribution is 5.24. The Morgan fingerprint density at radius 2 is 1.26 bits per heavy atom. The van der Waals surface area contributed by atoms with Gasteiger partial charge < -0.3 is 4.74 Å². The Balaban J connectivity index is 2.31. The van der Waals surface area contributed by atoms with Gasteiger partial charge in [-0.05, 0) is 70.1 Å². The fraction of sp³-hybridized carbons (Fsp3) is 0.778. The van der Waals surface area contributed by atoms with Crippen molar-refractivity contribution in [1.29, 1.82) is 0 Å². The van der Waals surface area contributed by atoms with E-state index >= 15 is 0 Å². The maximum atomic E-state index is 12.6. The zero-order valence-corrected chi connectivity index (χ0v) is 20.3. The van der Waals surface area contributed by atoms with Crippen molar-refractivity contribution in [3.05, 3.63) is 35.4 Å². The number of hydrogen-bond acceptors (Lipinski definition) is 1. The van der Waals surface area contributed by atoms with Gasteiger partial charge in [-0.1, -0.05) is 76.8 Å². The van der Waals surface area contributed by atoms with E-state index in [2.05, 4.69) is 27.7 Å². The molecule has 1 unspecified atom stereocenters. The molecule has 1 nitrogen and oxygen atoms in total. The third-order valence-electron chi connectivity index (χ3n) is 6.45. The quantitative estimate of drug-likeness (QED) is 0.218. The van der Waals surface area contributed by atoms with Crippen LogP contribution in [0.3, 0.4) is 0 Å². The third-order valence-corrected chi connectivity index (χ3v) is 6.45. The molecule has 0 spiro atoms. The van der Waals surface area contributed by atoms with E-state index in [1.807, 2.05) is 0 Å². The van der Waals surface area contributed by atoms with Crippen LogP contribution in [0.1, 0.15) is 116 Å². The Hall–Kier alpha value is -1.03. The van der Waals surface area contributed by atoms with Crippen LogP contribution < -0.4 is 0 Å². The first-order valence-electron chi connectivity index (χ1n) is 12.5. The van der Waals surface area contributed by atoms with Gasteiger partial charge in [0.05, 0.1) is 11.2 Å². The van der Waals surface area contributed by atoms with Gasteiger partial charge in [0.15, 0.2) is 0 Å². The number of halogens is 3. The van der Waals surface area contributed by atoms with E-state index in [0.29, 0.717) is 5.92 Å². The van der Waals surface area contributed by atoms with E-state index in [9.17, 15) is 13.2 Å². The Morgan fingerprint density at radius 1 is 0.742 bits per heavy atom. The summed E-state index contributed by atoms with van der Waals surface area (Å²) in [7, 11) is 0. The SMILES string of the molecule is CCCCCCCCC(CCCCCCc1ccc(C(F)(F)F)cc1)C(C)(C)OCC. The lowest BCUT2D eigenvalue weighted by molar-refractivity contribution is -0.137. The van der Waals surface area contributed by atoms with E-state index in [1.165, 1.54) is 76.3 Å². The number of aryl methyl sites for hydroxylation is 1.